The minimum absolute atomic E-state index is 0.144. The topological polar surface area (TPSA) is 109 Å². The molecule has 238 valence electrons. The normalized spacial score (nSPS) is 13.4. The van der Waals surface area contributed by atoms with Crippen molar-refractivity contribution in [1.29, 1.82) is 0 Å². The van der Waals surface area contributed by atoms with Gasteiger partial charge in [-0.05, 0) is 66.8 Å². The number of nitrogens with one attached hydrogen (secondary N) is 2. The Morgan fingerprint density at radius 1 is 0.935 bits per heavy atom. The molecule has 0 atom stereocenters. The van der Waals surface area contributed by atoms with E-state index in [1.54, 1.807) is 20.5 Å². The minimum atomic E-state index is -0.504. The van der Waals surface area contributed by atoms with Crippen molar-refractivity contribution < 1.29 is 28.1 Å². The van der Waals surface area contributed by atoms with E-state index in [1.807, 2.05) is 42.5 Å². The first kappa shape index (κ1) is 30.8. The summed E-state index contributed by atoms with van der Waals surface area (Å²) in [5, 5.41) is 6.37. The van der Waals surface area contributed by atoms with E-state index in [4.69, 9.17) is 23.9 Å². The van der Waals surface area contributed by atoms with Crippen LogP contribution in [0.3, 0.4) is 0 Å². The predicted molar refractivity (Wildman–Crippen MR) is 173 cm³/mol. The van der Waals surface area contributed by atoms with Crippen LogP contribution in [-0.4, -0.2) is 55.0 Å². The number of rotatable bonds is 11. The molecule has 11 heteroatoms. The van der Waals surface area contributed by atoms with E-state index in [2.05, 4.69) is 26.4 Å². The number of nitrogens with zero attached hydrogens (tertiary/aromatic N) is 3. The van der Waals surface area contributed by atoms with Gasteiger partial charge in [-0.3, -0.25) is 4.79 Å². The third kappa shape index (κ3) is 6.45. The molecule has 10 nitrogen and oxygen atoms in total. The highest BCUT2D eigenvalue weighted by Gasteiger charge is 2.24. The average Bonchev–Trinajstić information content (AvgIpc) is 3.50. The second kappa shape index (κ2) is 13.9. The number of ether oxygens (including phenoxy) is 4. The first-order chi connectivity index (χ1) is 22.5. The molecule has 1 saturated heterocycles. The van der Waals surface area contributed by atoms with Crippen molar-refractivity contribution >= 4 is 22.8 Å². The molecule has 46 heavy (non-hydrogen) atoms. The van der Waals surface area contributed by atoms with E-state index < -0.39 is 11.7 Å². The van der Waals surface area contributed by atoms with Gasteiger partial charge in [0.25, 0.3) is 5.91 Å². The van der Waals surface area contributed by atoms with Gasteiger partial charge in [0, 0.05) is 55.4 Å². The SMILES string of the molecule is COc1ccc(CNc2ncnc3c(C4CCOCC4)cn(-c4ccc(CNC(=O)c5cc(F)ccc5OC)cc4)c23)c(OC)c1. The summed E-state index contributed by atoms with van der Waals surface area (Å²) in [7, 11) is 4.71. The second-order valence-corrected chi connectivity index (χ2v) is 11.0. The van der Waals surface area contributed by atoms with Crippen molar-refractivity contribution in [2.75, 3.05) is 39.9 Å². The van der Waals surface area contributed by atoms with Gasteiger partial charge in [0.05, 0.1) is 32.4 Å². The quantitative estimate of drug-likeness (QED) is 0.184. The van der Waals surface area contributed by atoms with Gasteiger partial charge in [-0.15, -0.1) is 0 Å². The zero-order valence-corrected chi connectivity index (χ0v) is 26.0. The summed E-state index contributed by atoms with van der Waals surface area (Å²) in [5.74, 6) is 1.84. The van der Waals surface area contributed by atoms with Crippen LogP contribution in [0.5, 0.6) is 17.2 Å². The van der Waals surface area contributed by atoms with E-state index in [1.165, 1.54) is 25.3 Å². The Kier molecular flexibility index (Phi) is 9.30. The summed E-state index contributed by atoms with van der Waals surface area (Å²) in [5.41, 5.74) is 5.83. The zero-order valence-electron chi connectivity index (χ0n) is 26.0. The molecule has 0 aliphatic carbocycles. The predicted octanol–water partition coefficient (Wildman–Crippen LogP) is 6.02. The maximum atomic E-state index is 13.8. The number of carbonyl (C=O) groups is 1. The van der Waals surface area contributed by atoms with Gasteiger partial charge in [-0.1, -0.05) is 12.1 Å². The highest BCUT2D eigenvalue weighted by atomic mass is 19.1. The zero-order chi connectivity index (χ0) is 32.0. The van der Waals surface area contributed by atoms with Gasteiger partial charge in [0.1, 0.15) is 34.9 Å². The van der Waals surface area contributed by atoms with Crippen molar-refractivity contribution in [3.63, 3.8) is 0 Å². The van der Waals surface area contributed by atoms with E-state index in [-0.39, 0.29) is 12.1 Å². The lowest BCUT2D eigenvalue weighted by Crippen LogP contribution is -2.23. The molecule has 1 amide bonds. The maximum Gasteiger partial charge on any atom is 0.255 e. The van der Waals surface area contributed by atoms with Crippen LogP contribution in [0.15, 0.2) is 73.2 Å². The van der Waals surface area contributed by atoms with E-state index in [0.717, 1.165) is 52.0 Å². The molecule has 3 heterocycles. The number of amides is 1. The molecule has 5 aromatic rings. The van der Waals surface area contributed by atoms with E-state index in [0.29, 0.717) is 43.0 Å². The highest BCUT2D eigenvalue weighted by molar-refractivity contribution is 5.97. The third-order valence-electron chi connectivity index (χ3n) is 8.28. The summed E-state index contributed by atoms with van der Waals surface area (Å²) in [6, 6.07) is 17.5. The van der Waals surface area contributed by atoms with Crippen molar-refractivity contribution in [2.24, 2.45) is 0 Å². The van der Waals surface area contributed by atoms with E-state index in [9.17, 15) is 9.18 Å². The standard InChI is InChI=1S/C35H36FN5O5/c1-43-27-10-6-24(31(17-27)45-3)19-37-34-33-32(39-21-40-34)29(23-12-14-46-15-13-23)20-41(33)26-8-4-22(5-9-26)18-38-35(42)28-16-25(36)7-11-30(28)44-2/h4-11,16-17,20-21,23H,12-15,18-19H2,1-3H3,(H,38,42)(H,37,39,40). The number of carbonyl (C=O) groups excluding carboxylic acids is 1. The van der Waals surface area contributed by atoms with Gasteiger partial charge >= 0.3 is 0 Å². The van der Waals surface area contributed by atoms with Crippen molar-refractivity contribution in [3.05, 3.63) is 101 Å². The number of fused-ring (bicyclic) bond motifs is 1. The van der Waals surface area contributed by atoms with Crippen LogP contribution in [0.4, 0.5) is 10.2 Å². The summed E-state index contributed by atoms with van der Waals surface area (Å²) in [6.07, 6.45) is 5.59. The molecule has 0 radical (unpaired) electrons. The Morgan fingerprint density at radius 3 is 2.46 bits per heavy atom. The number of anilines is 1. The maximum absolute atomic E-state index is 13.8. The van der Waals surface area contributed by atoms with Crippen LogP contribution in [0, 0.1) is 5.82 Å². The molecule has 2 N–H and O–H groups in total. The van der Waals surface area contributed by atoms with Gasteiger partial charge < -0.3 is 34.1 Å². The Hall–Kier alpha value is -5.16. The molecule has 0 bridgehead atoms. The Labute approximate surface area is 266 Å². The summed E-state index contributed by atoms with van der Waals surface area (Å²) >= 11 is 0. The van der Waals surface area contributed by atoms with Gasteiger partial charge in [0.15, 0.2) is 5.82 Å². The van der Waals surface area contributed by atoms with Crippen LogP contribution in [0.1, 0.15) is 45.8 Å². The molecular formula is C35H36FN5O5. The number of halogens is 1. The summed E-state index contributed by atoms with van der Waals surface area (Å²) < 4.78 is 37.8. The fourth-order valence-corrected chi connectivity index (χ4v) is 5.81. The lowest BCUT2D eigenvalue weighted by Gasteiger charge is -2.21. The van der Waals surface area contributed by atoms with E-state index >= 15 is 0 Å². The summed E-state index contributed by atoms with van der Waals surface area (Å²) in [4.78, 5) is 22.2. The monoisotopic (exact) mass is 625 g/mol. The van der Waals surface area contributed by atoms with Crippen molar-refractivity contribution in [3.8, 4) is 22.9 Å². The van der Waals surface area contributed by atoms with Crippen LogP contribution in [0.25, 0.3) is 16.7 Å². The number of hydrogen-bond acceptors (Lipinski definition) is 8. The number of hydrogen-bond donors (Lipinski definition) is 2. The summed E-state index contributed by atoms with van der Waals surface area (Å²) in [6.45, 7) is 2.17. The Bertz CT molecular complexity index is 1840. The lowest BCUT2D eigenvalue weighted by molar-refractivity contribution is 0.0855. The van der Waals surface area contributed by atoms with Crippen molar-refractivity contribution in [2.45, 2.75) is 31.8 Å². The molecule has 3 aromatic carbocycles. The smallest absolute Gasteiger partial charge is 0.255 e. The molecule has 0 unspecified atom stereocenters. The lowest BCUT2D eigenvalue weighted by atomic mass is 9.93. The van der Waals surface area contributed by atoms with Gasteiger partial charge in [-0.2, -0.15) is 0 Å². The molecule has 6 rings (SSSR count). The fraction of sp³-hybridized carbons (Fsp3) is 0.286. The molecule has 1 aliphatic rings. The van der Waals surface area contributed by atoms with Crippen LogP contribution < -0.4 is 24.8 Å². The first-order valence-electron chi connectivity index (χ1n) is 15.1. The molecule has 0 saturated carbocycles. The molecule has 0 spiro atoms. The van der Waals surface area contributed by atoms with Gasteiger partial charge in [0.2, 0.25) is 0 Å². The molecule has 2 aromatic heterocycles. The number of methoxy groups -OCH3 is 3. The van der Waals surface area contributed by atoms with Crippen LogP contribution in [-0.2, 0) is 17.8 Å². The van der Waals surface area contributed by atoms with Crippen LogP contribution in [0.2, 0.25) is 0 Å². The van der Waals surface area contributed by atoms with Gasteiger partial charge in [-0.25, -0.2) is 14.4 Å². The average molecular weight is 626 g/mol. The molecule has 1 fully saturated rings. The van der Waals surface area contributed by atoms with Crippen LogP contribution >= 0.6 is 0 Å². The second-order valence-electron chi connectivity index (χ2n) is 11.0. The largest absolute Gasteiger partial charge is 0.497 e. The highest BCUT2D eigenvalue weighted by Crippen LogP contribution is 2.37. The fourth-order valence-electron chi connectivity index (χ4n) is 5.81. The minimum Gasteiger partial charge on any atom is -0.497 e. The Morgan fingerprint density at radius 2 is 1.72 bits per heavy atom. The van der Waals surface area contributed by atoms with Crippen molar-refractivity contribution in [1.82, 2.24) is 19.9 Å². The molecular weight excluding hydrogens is 589 g/mol. The Balaban J connectivity index is 1.29. The first-order valence-corrected chi connectivity index (χ1v) is 15.1. The number of benzene rings is 3. The third-order valence-corrected chi connectivity index (χ3v) is 8.28. The molecule has 1 aliphatic heterocycles. The number of aromatic nitrogens is 3.